The average molecular weight is 318 g/mol. The molecule has 0 aromatic heterocycles. The van der Waals surface area contributed by atoms with E-state index in [1.807, 2.05) is 13.8 Å². The molecule has 2 rings (SSSR count). The van der Waals surface area contributed by atoms with Crippen LogP contribution in [0.5, 0.6) is 5.75 Å². The Morgan fingerprint density at radius 2 is 1.73 bits per heavy atom. The third-order valence-corrected chi connectivity index (χ3v) is 4.15. The van der Waals surface area contributed by atoms with Crippen molar-refractivity contribution in [3.63, 3.8) is 0 Å². The summed E-state index contributed by atoms with van der Waals surface area (Å²) in [5.41, 5.74) is 1.77. The summed E-state index contributed by atoms with van der Waals surface area (Å²) in [5.74, 6) is 0.764. The molecule has 0 bridgehead atoms. The highest BCUT2D eigenvalue weighted by molar-refractivity contribution is 7.89. The van der Waals surface area contributed by atoms with Crippen molar-refractivity contribution in [1.82, 2.24) is 4.83 Å². The van der Waals surface area contributed by atoms with Gasteiger partial charge < -0.3 is 4.74 Å². The van der Waals surface area contributed by atoms with Gasteiger partial charge in [0.2, 0.25) is 0 Å². The number of benzene rings is 2. The molecule has 2 aromatic rings. The Morgan fingerprint density at radius 3 is 2.32 bits per heavy atom. The molecule has 0 fully saturated rings. The number of hydrazone groups is 1. The molecule has 22 heavy (non-hydrogen) atoms. The summed E-state index contributed by atoms with van der Waals surface area (Å²) >= 11 is 0. The molecule has 116 valence electrons. The fraction of sp³-hybridized carbons (Fsp3) is 0.188. The number of ether oxygens (including phenoxy) is 1. The predicted molar refractivity (Wildman–Crippen MR) is 86.7 cm³/mol. The van der Waals surface area contributed by atoms with E-state index in [1.54, 1.807) is 48.5 Å². The zero-order valence-corrected chi connectivity index (χ0v) is 13.3. The standard InChI is InChI=1S/C16H18N2O3S/c1-3-21-15-8-6-14(7-9-15)12-17-18-22(19,20)16-10-4-13(2)5-11-16/h4-12,18H,3H2,1-2H3/b17-12-. The topological polar surface area (TPSA) is 67.8 Å². The Balaban J connectivity index is 2.03. The molecular weight excluding hydrogens is 300 g/mol. The van der Waals surface area contributed by atoms with Gasteiger partial charge in [-0.25, -0.2) is 4.83 Å². The van der Waals surface area contributed by atoms with Crippen molar-refractivity contribution >= 4 is 16.2 Å². The van der Waals surface area contributed by atoms with Crippen molar-refractivity contribution < 1.29 is 13.2 Å². The van der Waals surface area contributed by atoms with Crippen molar-refractivity contribution in [2.45, 2.75) is 18.7 Å². The molecule has 5 nitrogen and oxygen atoms in total. The van der Waals surface area contributed by atoms with Crippen LogP contribution >= 0.6 is 0 Å². The van der Waals surface area contributed by atoms with E-state index >= 15 is 0 Å². The first-order valence-electron chi connectivity index (χ1n) is 6.85. The van der Waals surface area contributed by atoms with Gasteiger partial charge in [-0.2, -0.15) is 13.5 Å². The Kier molecular flexibility index (Phi) is 5.16. The predicted octanol–water partition coefficient (Wildman–Crippen LogP) is 2.71. The lowest BCUT2D eigenvalue weighted by Crippen LogP contribution is -2.18. The Hall–Kier alpha value is -2.34. The first-order valence-corrected chi connectivity index (χ1v) is 8.34. The summed E-state index contributed by atoms with van der Waals surface area (Å²) < 4.78 is 29.4. The smallest absolute Gasteiger partial charge is 0.276 e. The van der Waals surface area contributed by atoms with Gasteiger partial charge in [-0.3, -0.25) is 0 Å². The second kappa shape index (κ2) is 7.09. The lowest BCUT2D eigenvalue weighted by molar-refractivity contribution is 0.340. The van der Waals surface area contributed by atoms with Gasteiger partial charge in [-0.15, -0.1) is 0 Å². The van der Waals surface area contributed by atoms with Crippen LogP contribution in [-0.2, 0) is 10.0 Å². The quantitative estimate of drug-likeness (QED) is 0.658. The van der Waals surface area contributed by atoms with Gasteiger partial charge in [-0.05, 0) is 55.8 Å². The van der Waals surface area contributed by atoms with E-state index in [4.69, 9.17) is 4.74 Å². The minimum Gasteiger partial charge on any atom is -0.494 e. The molecule has 0 atom stereocenters. The highest BCUT2D eigenvalue weighted by atomic mass is 32.2. The maximum absolute atomic E-state index is 12.0. The van der Waals surface area contributed by atoms with E-state index < -0.39 is 10.0 Å². The van der Waals surface area contributed by atoms with Crippen molar-refractivity contribution in [2.75, 3.05) is 6.61 Å². The number of sulfonamides is 1. The van der Waals surface area contributed by atoms with E-state index in [9.17, 15) is 8.42 Å². The third-order valence-electron chi connectivity index (χ3n) is 2.91. The summed E-state index contributed by atoms with van der Waals surface area (Å²) in [6.07, 6.45) is 1.45. The first kappa shape index (κ1) is 16.0. The number of hydrogen-bond acceptors (Lipinski definition) is 4. The van der Waals surface area contributed by atoms with E-state index in [1.165, 1.54) is 6.21 Å². The monoisotopic (exact) mass is 318 g/mol. The molecule has 1 N–H and O–H groups in total. The Bertz CT molecular complexity index is 736. The average Bonchev–Trinajstić information content (AvgIpc) is 2.50. The molecule has 6 heteroatoms. The lowest BCUT2D eigenvalue weighted by atomic mass is 10.2. The fourth-order valence-electron chi connectivity index (χ4n) is 1.76. The molecule has 0 amide bonds. The molecule has 2 aromatic carbocycles. The van der Waals surface area contributed by atoms with E-state index in [0.29, 0.717) is 6.61 Å². The van der Waals surface area contributed by atoms with Crippen LogP contribution in [0.15, 0.2) is 58.5 Å². The van der Waals surface area contributed by atoms with Gasteiger partial charge in [0.25, 0.3) is 10.0 Å². The van der Waals surface area contributed by atoms with Gasteiger partial charge in [0.15, 0.2) is 0 Å². The van der Waals surface area contributed by atoms with Crippen LogP contribution in [0.3, 0.4) is 0 Å². The Labute approximate surface area is 130 Å². The van der Waals surface area contributed by atoms with E-state index in [-0.39, 0.29) is 4.90 Å². The summed E-state index contributed by atoms with van der Waals surface area (Å²) in [7, 11) is -3.64. The summed E-state index contributed by atoms with van der Waals surface area (Å²) in [6.45, 7) is 4.41. The maximum Gasteiger partial charge on any atom is 0.276 e. The van der Waals surface area contributed by atoms with Gasteiger partial charge in [0.05, 0.1) is 17.7 Å². The summed E-state index contributed by atoms with van der Waals surface area (Å²) in [4.78, 5) is 2.38. The molecule has 0 aliphatic rings. The molecule has 0 saturated heterocycles. The van der Waals surface area contributed by atoms with Gasteiger partial charge >= 0.3 is 0 Å². The van der Waals surface area contributed by atoms with Crippen molar-refractivity contribution in [1.29, 1.82) is 0 Å². The SMILES string of the molecule is CCOc1ccc(/C=N\NS(=O)(=O)c2ccc(C)cc2)cc1. The zero-order valence-electron chi connectivity index (χ0n) is 12.5. The maximum atomic E-state index is 12.0. The first-order chi connectivity index (χ1) is 10.5. The van der Waals surface area contributed by atoms with Crippen molar-refractivity contribution in [3.8, 4) is 5.75 Å². The third kappa shape index (κ3) is 4.33. The van der Waals surface area contributed by atoms with E-state index in [0.717, 1.165) is 16.9 Å². The molecule has 0 aliphatic heterocycles. The number of nitrogens with one attached hydrogen (secondary N) is 1. The van der Waals surface area contributed by atoms with Crippen LogP contribution < -0.4 is 9.57 Å². The van der Waals surface area contributed by atoms with Crippen LogP contribution in [0.25, 0.3) is 0 Å². The highest BCUT2D eigenvalue weighted by Crippen LogP contribution is 2.11. The largest absolute Gasteiger partial charge is 0.494 e. The van der Waals surface area contributed by atoms with Crippen LogP contribution in [0.4, 0.5) is 0 Å². The number of hydrogen-bond donors (Lipinski definition) is 1. The molecule has 0 aliphatic carbocycles. The normalized spacial score (nSPS) is 11.5. The van der Waals surface area contributed by atoms with Gasteiger partial charge in [0, 0.05) is 0 Å². The van der Waals surface area contributed by atoms with Crippen molar-refractivity contribution in [2.24, 2.45) is 5.10 Å². The highest BCUT2D eigenvalue weighted by Gasteiger charge is 2.11. The number of aryl methyl sites for hydroxylation is 1. The minimum atomic E-state index is -3.64. The molecule has 0 saturated carbocycles. The second-order valence-electron chi connectivity index (χ2n) is 4.67. The second-order valence-corrected chi connectivity index (χ2v) is 6.33. The van der Waals surface area contributed by atoms with Gasteiger partial charge in [-0.1, -0.05) is 17.7 Å². The van der Waals surface area contributed by atoms with Crippen molar-refractivity contribution in [3.05, 3.63) is 59.7 Å². The molecule has 0 heterocycles. The van der Waals surface area contributed by atoms with Gasteiger partial charge in [0.1, 0.15) is 5.75 Å². The lowest BCUT2D eigenvalue weighted by Gasteiger charge is -2.04. The van der Waals surface area contributed by atoms with Crippen LogP contribution in [0, 0.1) is 6.92 Å². The molecular formula is C16H18N2O3S. The number of nitrogens with zero attached hydrogens (tertiary/aromatic N) is 1. The zero-order chi connectivity index (χ0) is 16.0. The molecule has 0 unspecified atom stereocenters. The minimum absolute atomic E-state index is 0.182. The van der Waals surface area contributed by atoms with E-state index in [2.05, 4.69) is 9.93 Å². The summed E-state index contributed by atoms with van der Waals surface area (Å²) in [5, 5.41) is 3.78. The number of rotatable bonds is 6. The molecule has 0 spiro atoms. The molecule has 0 radical (unpaired) electrons. The summed E-state index contributed by atoms with van der Waals surface area (Å²) in [6, 6.07) is 13.8. The van der Waals surface area contributed by atoms with Crippen LogP contribution in [-0.4, -0.2) is 21.2 Å². The fourth-order valence-corrected chi connectivity index (χ4v) is 2.55. The Morgan fingerprint density at radius 1 is 1.09 bits per heavy atom. The van der Waals surface area contributed by atoms with Crippen LogP contribution in [0.1, 0.15) is 18.1 Å². The van der Waals surface area contributed by atoms with Crippen LogP contribution in [0.2, 0.25) is 0 Å².